The van der Waals surface area contributed by atoms with E-state index in [1.165, 1.54) is 0 Å². The number of hydrogen-bond donors (Lipinski definition) is 2. The maximum Gasteiger partial charge on any atom is 0.328 e. The monoisotopic (exact) mass is 226 g/mol. The number of ether oxygens (including phenoxy) is 1. The van der Waals surface area contributed by atoms with E-state index in [2.05, 4.69) is 20.8 Å². The minimum atomic E-state index is -0.225. The number of carbonyl (C=O) groups excluding carboxylic acids is 1. The van der Waals surface area contributed by atoms with E-state index in [1.807, 2.05) is 0 Å². The molecule has 0 saturated carbocycles. The molecule has 0 bridgehead atoms. The van der Waals surface area contributed by atoms with Crippen molar-refractivity contribution in [2.45, 2.75) is 13.0 Å². The highest BCUT2D eigenvalue weighted by Crippen LogP contribution is 2.15. The van der Waals surface area contributed by atoms with E-state index >= 15 is 0 Å². The zero-order valence-corrected chi connectivity index (χ0v) is 9.19. The first-order valence-corrected chi connectivity index (χ1v) is 5.07. The summed E-state index contributed by atoms with van der Waals surface area (Å²) >= 11 is 0. The largest absolute Gasteiger partial charge is 0.379 e. The smallest absolute Gasteiger partial charge is 0.328 e. The molecule has 1 aromatic heterocycles. The number of anilines is 1. The molecule has 1 fully saturated rings. The number of amides is 1. The molecule has 88 valence electrons. The van der Waals surface area contributed by atoms with Crippen molar-refractivity contribution in [1.29, 1.82) is 0 Å². The number of aryl methyl sites for hydroxylation is 1. The minimum absolute atomic E-state index is 0.0315. The molecule has 2 rings (SSSR count). The Morgan fingerprint density at radius 3 is 2.94 bits per heavy atom. The second-order valence-corrected chi connectivity index (χ2v) is 3.68. The van der Waals surface area contributed by atoms with Crippen molar-refractivity contribution in [3.63, 3.8) is 0 Å². The lowest BCUT2D eigenvalue weighted by Gasteiger charge is -2.14. The Kier molecular flexibility index (Phi) is 3.16. The first kappa shape index (κ1) is 11.0. The Morgan fingerprint density at radius 1 is 1.50 bits per heavy atom. The lowest BCUT2D eigenvalue weighted by Crippen LogP contribution is -2.39. The van der Waals surface area contributed by atoms with Gasteiger partial charge in [0.25, 0.3) is 0 Å². The Hall–Kier alpha value is -1.47. The van der Waals surface area contributed by atoms with E-state index in [0.717, 1.165) is 0 Å². The molecular weight excluding hydrogens is 212 g/mol. The third-order valence-corrected chi connectivity index (χ3v) is 2.55. The van der Waals surface area contributed by atoms with Gasteiger partial charge >= 0.3 is 6.01 Å². The molecule has 0 aromatic carbocycles. The maximum atomic E-state index is 11.8. The number of aromatic nitrogens is 2. The number of nitrogens with one attached hydrogen (secondary N) is 2. The lowest BCUT2D eigenvalue weighted by molar-refractivity contribution is -0.120. The summed E-state index contributed by atoms with van der Waals surface area (Å²) in [6, 6.07) is 0.160. The number of carbonyl (C=O) groups is 1. The highest BCUT2D eigenvalue weighted by atomic mass is 16.5. The van der Waals surface area contributed by atoms with Gasteiger partial charge in [-0.3, -0.25) is 10.1 Å². The molecule has 2 heterocycles. The number of hydrogen-bond acceptors (Lipinski definition) is 6. The molecule has 2 atom stereocenters. The van der Waals surface area contributed by atoms with Crippen LogP contribution < -0.4 is 10.6 Å². The van der Waals surface area contributed by atoms with Gasteiger partial charge in [-0.2, -0.15) is 4.98 Å². The Morgan fingerprint density at radius 2 is 2.31 bits per heavy atom. The minimum Gasteiger partial charge on any atom is -0.379 e. The zero-order valence-electron chi connectivity index (χ0n) is 9.19. The molecule has 0 spiro atoms. The Balaban J connectivity index is 1.97. The van der Waals surface area contributed by atoms with E-state index in [4.69, 9.17) is 9.26 Å². The van der Waals surface area contributed by atoms with Crippen LogP contribution in [0.3, 0.4) is 0 Å². The van der Waals surface area contributed by atoms with Gasteiger partial charge in [0.15, 0.2) is 5.82 Å². The standard InChI is InChI=1S/C9H14N4O3/c1-5-11-9(16-13-5)12-8(14)6-3-15-4-7(6)10-2/h6-7,10H,3-4H2,1-2H3,(H,11,12,13,14). The van der Waals surface area contributed by atoms with Gasteiger partial charge in [0, 0.05) is 6.04 Å². The summed E-state index contributed by atoms with van der Waals surface area (Å²) in [6.45, 7) is 2.64. The van der Waals surface area contributed by atoms with Crippen LogP contribution >= 0.6 is 0 Å². The topological polar surface area (TPSA) is 89.3 Å². The van der Waals surface area contributed by atoms with Crippen LogP contribution in [0.15, 0.2) is 4.52 Å². The highest BCUT2D eigenvalue weighted by Gasteiger charge is 2.33. The van der Waals surface area contributed by atoms with Gasteiger partial charge < -0.3 is 14.6 Å². The van der Waals surface area contributed by atoms with Crippen molar-refractivity contribution >= 4 is 11.9 Å². The van der Waals surface area contributed by atoms with Crippen LogP contribution in [-0.4, -0.2) is 42.4 Å². The predicted molar refractivity (Wildman–Crippen MR) is 54.8 cm³/mol. The van der Waals surface area contributed by atoms with E-state index in [9.17, 15) is 4.79 Å². The van der Waals surface area contributed by atoms with E-state index in [1.54, 1.807) is 14.0 Å². The van der Waals surface area contributed by atoms with Crippen LogP contribution in [0.1, 0.15) is 5.82 Å². The lowest BCUT2D eigenvalue weighted by atomic mass is 10.0. The van der Waals surface area contributed by atoms with Crippen LogP contribution in [0.25, 0.3) is 0 Å². The molecule has 1 amide bonds. The number of likely N-dealkylation sites (N-methyl/N-ethyl adjacent to an activating group) is 1. The predicted octanol–water partition coefficient (Wildman–Crippen LogP) is -0.449. The van der Waals surface area contributed by atoms with Crippen LogP contribution in [0, 0.1) is 12.8 Å². The molecule has 7 nitrogen and oxygen atoms in total. The molecule has 16 heavy (non-hydrogen) atoms. The molecule has 2 N–H and O–H groups in total. The molecule has 1 aliphatic rings. The van der Waals surface area contributed by atoms with E-state index in [0.29, 0.717) is 19.0 Å². The average molecular weight is 226 g/mol. The average Bonchev–Trinajstić information content (AvgIpc) is 2.86. The number of rotatable bonds is 3. The van der Waals surface area contributed by atoms with Crippen molar-refractivity contribution in [3.05, 3.63) is 5.82 Å². The molecule has 2 unspecified atom stereocenters. The summed E-state index contributed by atoms with van der Waals surface area (Å²) in [5.41, 5.74) is 0. The third-order valence-electron chi connectivity index (χ3n) is 2.55. The Bertz CT molecular complexity index is 379. The molecular formula is C9H14N4O3. The summed E-state index contributed by atoms with van der Waals surface area (Å²) in [5.74, 6) is 0.0980. The van der Waals surface area contributed by atoms with Crippen molar-refractivity contribution in [2.24, 2.45) is 5.92 Å². The van der Waals surface area contributed by atoms with Gasteiger partial charge in [-0.05, 0) is 14.0 Å². The normalized spacial score (nSPS) is 24.6. The highest BCUT2D eigenvalue weighted by molar-refractivity contribution is 5.91. The summed E-state index contributed by atoms with van der Waals surface area (Å²) < 4.78 is 10.0. The maximum absolute atomic E-state index is 11.8. The third kappa shape index (κ3) is 2.20. The Labute approximate surface area is 92.5 Å². The zero-order chi connectivity index (χ0) is 11.5. The molecule has 1 aliphatic heterocycles. The summed E-state index contributed by atoms with van der Waals surface area (Å²) in [6.07, 6.45) is 0. The fourth-order valence-electron chi connectivity index (χ4n) is 1.64. The van der Waals surface area contributed by atoms with Crippen LogP contribution in [0.2, 0.25) is 0 Å². The fourth-order valence-corrected chi connectivity index (χ4v) is 1.64. The second-order valence-electron chi connectivity index (χ2n) is 3.68. The van der Waals surface area contributed by atoms with Gasteiger partial charge in [0.05, 0.1) is 19.1 Å². The van der Waals surface area contributed by atoms with E-state index in [-0.39, 0.29) is 23.9 Å². The quantitative estimate of drug-likeness (QED) is 0.725. The summed E-state index contributed by atoms with van der Waals surface area (Å²) in [5, 5.41) is 9.19. The second kappa shape index (κ2) is 4.58. The van der Waals surface area contributed by atoms with Crippen LogP contribution in [-0.2, 0) is 9.53 Å². The van der Waals surface area contributed by atoms with E-state index < -0.39 is 0 Å². The molecule has 1 aromatic rings. The fraction of sp³-hybridized carbons (Fsp3) is 0.667. The van der Waals surface area contributed by atoms with Crippen LogP contribution in [0.5, 0.6) is 0 Å². The summed E-state index contributed by atoms with van der Waals surface area (Å²) in [4.78, 5) is 15.7. The van der Waals surface area contributed by atoms with Gasteiger partial charge in [-0.1, -0.05) is 5.16 Å². The molecule has 1 saturated heterocycles. The van der Waals surface area contributed by atoms with Gasteiger partial charge in [0.2, 0.25) is 5.91 Å². The van der Waals surface area contributed by atoms with Crippen molar-refractivity contribution < 1.29 is 14.1 Å². The van der Waals surface area contributed by atoms with Crippen LogP contribution in [0.4, 0.5) is 6.01 Å². The number of nitrogens with zero attached hydrogens (tertiary/aromatic N) is 2. The van der Waals surface area contributed by atoms with Crippen molar-refractivity contribution in [3.8, 4) is 0 Å². The first-order valence-electron chi connectivity index (χ1n) is 5.07. The SMILES string of the molecule is CNC1COCC1C(=O)Nc1nc(C)no1. The van der Waals surface area contributed by atoms with Gasteiger partial charge in [-0.15, -0.1) is 0 Å². The van der Waals surface area contributed by atoms with Gasteiger partial charge in [0.1, 0.15) is 0 Å². The van der Waals surface area contributed by atoms with Gasteiger partial charge in [-0.25, -0.2) is 0 Å². The summed E-state index contributed by atoms with van der Waals surface area (Å²) in [7, 11) is 1.80. The molecule has 0 radical (unpaired) electrons. The first-order chi connectivity index (χ1) is 7.70. The van der Waals surface area contributed by atoms with Crippen molar-refractivity contribution in [2.75, 3.05) is 25.6 Å². The molecule has 7 heteroatoms. The van der Waals surface area contributed by atoms with Crippen molar-refractivity contribution in [1.82, 2.24) is 15.5 Å². The molecule has 0 aliphatic carbocycles.